The van der Waals surface area contributed by atoms with Crippen molar-refractivity contribution in [3.63, 3.8) is 0 Å². The fourth-order valence-electron chi connectivity index (χ4n) is 2.62. The molecule has 142 valence electrons. The van der Waals surface area contributed by atoms with Gasteiger partial charge in [-0.25, -0.2) is 0 Å². The summed E-state index contributed by atoms with van der Waals surface area (Å²) in [5, 5.41) is 6.99. The first-order chi connectivity index (χ1) is 11.6. The average Bonchev–Trinajstić information content (AvgIpc) is 3.24. The molecule has 0 heterocycles. The van der Waals surface area contributed by atoms with Crippen molar-refractivity contribution in [2.24, 2.45) is 10.9 Å². The predicted octanol–water partition coefficient (Wildman–Crippen LogP) is 4.13. The van der Waals surface area contributed by atoms with Crippen LogP contribution in [-0.2, 0) is 0 Å². The van der Waals surface area contributed by atoms with Gasteiger partial charge in [0.05, 0.1) is 19.3 Å². The highest BCUT2D eigenvalue weighted by atomic mass is 127. The lowest BCUT2D eigenvalue weighted by molar-refractivity contribution is 0.287. The lowest BCUT2D eigenvalue weighted by Gasteiger charge is -2.20. The summed E-state index contributed by atoms with van der Waals surface area (Å²) in [7, 11) is 0. The van der Waals surface area contributed by atoms with Gasteiger partial charge in [0.15, 0.2) is 17.5 Å². The van der Waals surface area contributed by atoms with Gasteiger partial charge in [-0.3, -0.25) is 4.99 Å². The number of ether oxygens (including phenoxy) is 2. The molecule has 0 aromatic heterocycles. The molecule has 3 atom stereocenters. The van der Waals surface area contributed by atoms with E-state index in [2.05, 4.69) is 48.5 Å². The highest BCUT2D eigenvalue weighted by Crippen LogP contribution is 2.31. The van der Waals surface area contributed by atoms with Gasteiger partial charge in [-0.1, -0.05) is 13.0 Å². The van der Waals surface area contributed by atoms with E-state index >= 15 is 0 Å². The van der Waals surface area contributed by atoms with Gasteiger partial charge in [0.1, 0.15) is 0 Å². The van der Waals surface area contributed by atoms with E-state index in [1.165, 1.54) is 6.42 Å². The van der Waals surface area contributed by atoms with Crippen LogP contribution in [0.1, 0.15) is 52.6 Å². The lowest BCUT2D eigenvalue weighted by atomic mass is 10.1. The number of hydrogen-bond donors (Lipinski definition) is 2. The van der Waals surface area contributed by atoms with Crippen LogP contribution in [0.4, 0.5) is 0 Å². The van der Waals surface area contributed by atoms with Crippen molar-refractivity contribution in [2.75, 3.05) is 19.8 Å². The van der Waals surface area contributed by atoms with E-state index < -0.39 is 0 Å². The van der Waals surface area contributed by atoms with Crippen LogP contribution < -0.4 is 20.1 Å². The molecule has 1 saturated carbocycles. The molecule has 0 aliphatic heterocycles. The first-order valence-electron chi connectivity index (χ1n) is 9.06. The van der Waals surface area contributed by atoms with Crippen molar-refractivity contribution in [1.82, 2.24) is 10.6 Å². The fourth-order valence-corrected chi connectivity index (χ4v) is 2.62. The van der Waals surface area contributed by atoms with E-state index in [0.29, 0.717) is 19.3 Å². The molecule has 25 heavy (non-hydrogen) atoms. The van der Waals surface area contributed by atoms with Crippen LogP contribution in [0.25, 0.3) is 0 Å². The van der Waals surface area contributed by atoms with Crippen LogP contribution in [0, 0.1) is 5.92 Å². The Kier molecular flexibility index (Phi) is 9.38. The summed E-state index contributed by atoms with van der Waals surface area (Å²) in [5.74, 6) is 3.20. The van der Waals surface area contributed by atoms with Crippen molar-refractivity contribution in [2.45, 2.75) is 53.1 Å². The van der Waals surface area contributed by atoms with Crippen molar-refractivity contribution < 1.29 is 9.47 Å². The van der Waals surface area contributed by atoms with Gasteiger partial charge in [-0.05, 0) is 57.7 Å². The Hall–Kier alpha value is -1.18. The van der Waals surface area contributed by atoms with E-state index in [1.54, 1.807) is 0 Å². The van der Waals surface area contributed by atoms with Gasteiger partial charge in [-0.15, -0.1) is 24.0 Å². The average molecular weight is 461 g/mol. The lowest BCUT2D eigenvalue weighted by Crippen LogP contribution is -2.40. The number of guanidine groups is 1. The molecule has 0 radical (unpaired) electrons. The quantitative estimate of drug-likeness (QED) is 0.348. The van der Waals surface area contributed by atoms with Gasteiger partial charge >= 0.3 is 0 Å². The third kappa shape index (κ3) is 6.56. The minimum absolute atomic E-state index is 0. The van der Waals surface area contributed by atoms with Crippen molar-refractivity contribution in [3.8, 4) is 11.5 Å². The summed E-state index contributed by atoms with van der Waals surface area (Å²) < 4.78 is 11.4. The molecule has 1 aromatic rings. The Bertz CT molecular complexity index is 566. The Balaban J connectivity index is 0.00000312. The molecular weight excluding hydrogens is 429 g/mol. The number of nitrogens with one attached hydrogen (secondary N) is 2. The maximum atomic E-state index is 5.72. The van der Waals surface area contributed by atoms with E-state index in [1.807, 2.05) is 19.9 Å². The monoisotopic (exact) mass is 461 g/mol. The second-order valence-corrected chi connectivity index (χ2v) is 6.22. The highest BCUT2D eigenvalue weighted by molar-refractivity contribution is 14.0. The van der Waals surface area contributed by atoms with E-state index in [0.717, 1.165) is 35.5 Å². The molecule has 1 aromatic carbocycles. The highest BCUT2D eigenvalue weighted by Gasteiger charge is 2.33. The number of halogens is 1. The van der Waals surface area contributed by atoms with E-state index in [9.17, 15) is 0 Å². The molecule has 0 spiro atoms. The normalized spacial score (nSPS) is 20.3. The zero-order valence-electron chi connectivity index (χ0n) is 16.0. The van der Waals surface area contributed by atoms with Crippen LogP contribution in [0.2, 0.25) is 0 Å². The van der Waals surface area contributed by atoms with Gasteiger partial charge in [0.2, 0.25) is 0 Å². The summed E-state index contributed by atoms with van der Waals surface area (Å²) in [5.41, 5.74) is 1.15. The molecule has 0 amide bonds. The van der Waals surface area contributed by atoms with Crippen molar-refractivity contribution in [3.05, 3.63) is 23.8 Å². The van der Waals surface area contributed by atoms with Crippen LogP contribution in [0.3, 0.4) is 0 Å². The molecule has 5 nitrogen and oxygen atoms in total. The topological polar surface area (TPSA) is 54.9 Å². The van der Waals surface area contributed by atoms with Gasteiger partial charge in [0, 0.05) is 12.6 Å². The number of rotatable bonds is 8. The molecular formula is C19H32IN3O2. The molecule has 6 heteroatoms. The first-order valence-corrected chi connectivity index (χ1v) is 9.06. The molecule has 3 unspecified atom stereocenters. The van der Waals surface area contributed by atoms with Gasteiger partial charge in [0.25, 0.3) is 0 Å². The number of aliphatic imine (C=N–C) groups is 1. The molecule has 1 fully saturated rings. The summed E-state index contributed by atoms with van der Waals surface area (Å²) in [6.07, 6.45) is 1.22. The third-order valence-corrected chi connectivity index (χ3v) is 4.17. The van der Waals surface area contributed by atoms with Crippen molar-refractivity contribution >= 4 is 29.9 Å². The number of benzene rings is 1. The molecule has 1 aliphatic rings. The van der Waals surface area contributed by atoms with E-state index in [-0.39, 0.29) is 30.0 Å². The largest absolute Gasteiger partial charge is 0.490 e. The minimum atomic E-state index is 0. The number of nitrogens with zero attached hydrogens (tertiary/aromatic N) is 1. The van der Waals surface area contributed by atoms with Crippen LogP contribution in [0.15, 0.2) is 23.2 Å². The van der Waals surface area contributed by atoms with Crippen molar-refractivity contribution in [1.29, 1.82) is 0 Å². The van der Waals surface area contributed by atoms with Gasteiger partial charge in [-0.2, -0.15) is 0 Å². The standard InChI is InChI=1S/C19H31N3O2.HI/c1-6-20-19(22-16-11-13(16)4)21-14(5)15-9-10-17(23-7-2)18(12-15)24-8-3;/h9-10,12-14,16H,6-8,11H2,1-5H3,(H2,20,21,22);1H. The smallest absolute Gasteiger partial charge is 0.191 e. The van der Waals surface area contributed by atoms with E-state index in [4.69, 9.17) is 9.47 Å². The molecule has 2 N–H and O–H groups in total. The summed E-state index contributed by atoms with van der Waals surface area (Å²) in [6.45, 7) is 12.4. The number of hydrogen-bond acceptors (Lipinski definition) is 3. The molecule has 2 rings (SSSR count). The Morgan fingerprint density at radius 3 is 2.40 bits per heavy atom. The summed E-state index contributed by atoms with van der Waals surface area (Å²) in [6, 6.07) is 6.79. The fraction of sp³-hybridized carbons (Fsp3) is 0.632. The SMILES string of the molecule is CCN=C(NC(C)c1ccc(OCC)c(OCC)c1)NC1CC1C.I. The first kappa shape index (κ1) is 21.9. The second-order valence-electron chi connectivity index (χ2n) is 6.22. The third-order valence-electron chi connectivity index (χ3n) is 4.17. The Morgan fingerprint density at radius 2 is 1.84 bits per heavy atom. The molecule has 0 bridgehead atoms. The Morgan fingerprint density at radius 1 is 1.20 bits per heavy atom. The van der Waals surface area contributed by atoms with Crippen LogP contribution in [0.5, 0.6) is 11.5 Å². The van der Waals surface area contributed by atoms with Crippen LogP contribution in [-0.4, -0.2) is 31.8 Å². The predicted molar refractivity (Wildman–Crippen MR) is 114 cm³/mol. The molecule has 0 saturated heterocycles. The molecule has 1 aliphatic carbocycles. The summed E-state index contributed by atoms with van der Waals surface area (Å²) >= 11 is 0. The summed E-state index contributed by atoms with van der Waals surface area (Å²) in [4.78, 5) is 4.55. The Labute approximate surface area is 169 Å². The maximum Gasteiger partial charge on any atom is 0.191 e. The zero-order chi connectivity index (χ0) is 17.5. The second kappa shape index (κ2) is 10.7. The maximum absolute atomic E-state index is 5.72. The minimum Gasteiger partial charge on any atom is -0.490 e. The van der Waals surface area contributed by atoms with Crippen LogP contribution >= 0.6 is 24.0 Å². The zero-order valence-corrected chi connectivity index (χ0v) is 18.3. The van der Waals surface area contributed by atoms with Gasteiger partial charge < -0.3 is 20.1 Å².